The molecule has 0 fully saturated rings. The maximum Gasteiger partial charge on any atom is 0.306 e. The van der Waals surface area contributed by atoms with Crippen LogP contribution in [0.3, 0.4) is 0 Å². The zero-order valence-corrected chi connectivity index (χ0v) is 6.82. The van der Waals surface area contributed by atoms with Crippen LogP contribution in [0.1, 0.15) is 0 Å². The molecule has 2 N–H and O–H groups in total. The molecule has 0 aromatic heterocycles. The summed E-state index contributed by atoms with van der Waals surface area (Å²) in [4.78, 5) is 1.06. The monoisotopic (exact) mass is 172 g/mol. The fraction of sp³-hybridized carbons (Fsp3) is 0. The van der Waals surface area contributed by atoms with Gasteiger partial charge in [0.25, 0.3) is 0 Å². The van der Waals surface area contributed by atoms with Crippen molar-refractivity contribution in [1.29, 1.82) is 0 Å². The zero-order chi connectivity index (χ0) is 7.40. The average Bonchev–Trinajstić information content (AvgIpc) is 1.88. The van der Waals surface area contributed by atoms with E-state index in [4.69, 9.17) is 17.0 Å². The molecule has 0 bridgehead atoms. The molecule has 1 rings (SSSR count). The van der Waals surface area contributed by atoms with Gasteiger partial charge in [-0.15, -0.1) is 0 Å². The van der Waals surface area contributed by atoms with E-state index in [0.29, 0.717) is 4.50 Å². The third-order valence-electron chi connectivity index (χ3n) is 0.959. The van der Waals surface area contributed by atoms with Crippen molar-refractivity contribution in [1.82, 2.24) is 0 Å². The SMILES string of the molecule is [NH2+]=C(Cl)Sc1ccccc1. The summed E-state index contributed by atoms with van der Waals surface area (Å²) in [5, 5.41) is 5.27. The molecule has 0 amide bonds. The van der Waals surface area contributed by atoms with Crippen LogP contribution in [0.15, 0.2) is 35.2 Å². The Labute approximate surface area is 68.9 Å². The van der Waals surface area contributed by atoms with Gasteiger partial charge >= 0.3 is 4.50 Å². The lowest BCUT2D eigenvalue weighted by atomic mass is 10.4. The van der Waals surface area contributed by atoms with Gasteiger partial charge < -0.3 is 0 Å². The first-order valence-electron chi connectivity index (χ1n) is 2.80. The molecule has 0 spiro atoms. The highest BCUT2D eigenvalue weighted by molar-refractivity contribution is 8.16. The summed E-state index contributed by atoms with van der Waals surface area (Å²) in [5.41, 5.74) is 0. The van der Waals surface area contributed by atoms with Gasteiger partial charge in [-0.25, -0.2) is 5.41 Å². The second-order valence-corrected chi connectivity index (χ2v) is 3.47. The number of hydrogen-bond acceptors (Lipinski definition) is 1. The molecule has 3 heteroatoms. The van der Waals surface area contributed by atoms with Crippen molar-refractivity contribution in [2.24, 2.45) is 0 Å². The highest BCUT2D eigenvalue weighted by Gasteiger charge is 1.98. The van der Waals surface area contributed by atoms with Crippen molar-refractivity contribution in [3.05, 3.63) is 30.3 Å². The summed E-state index contributed by atoms with van der Waals surface area (Å²) in [7, 11) is 0. The van der Waals surface area contributed by atoms with Crippen molar-refractivity contribution in [3.63, 3.8) is 0 Å². The fourth-order valence-corrected chi connectivity index (χ4v) is 1.39. The van der Waals surface area contributed by atoms with E-state index >= 15 is 0 Å². The van der Waals surface area contributed by atoms with E-state index in [-0.39, 0.29) is 0 Å². The Bertz CT molecular complexity index is 222. The fourth-order valence-electron chi connectivity index (χ4n) is 0.601. The lowest BCUT2D eigenvalue weighted by molar-refractivity contribution is -0.104. The minimum Gasteiger partial charge on any atom is -0.238 e. The summed E-state index contributed by atoms with van der Waals surface area (Å²) in [5.74, 6) is 0. The Hall–Kier alpha value is -0.470. The third kappa shape index (κ3) is 2.42. The minimum atomic E-state index is 0.353. The summed E-state index contributed by atoms with van der Waals surface area (Å²) in [6.45, 7) is 0. The second-order valence-electron chi connectivity index (χ2n) is 1.72. The molecule has 1 aromatic rings. The van der Waals surface area contributed by atoms with E-state index in [0.717, 1.165) is 4.90 Å². The van der Waals surface area contributed by atoms with Gasteiger partial charge in [-0.05, 0) is 35.5 Å². The van der Waals surface area contributed by atoms with Gasteiger partial charge in [0, 0.05) is 4.90 Å². The molecule has 0 saturated carbocycles. The molecule has 1 aromatic carbocycles. The quantitative estimate of drug-likeness (QED) is 0.384. The van der Waals surface area contributed by atoms with Crippen LogP contribution >= 0.6 is 23.4 Å². The van der Waals surface area contributed by atoms with Crippen LogP contribution in [0, 0.1) is 0 Å². The van der Waals surface area contributed by atoms with Crippen LogP contribution in [-0.2, 0) is 0 Å². The van der Waals surface area contributed by atoms with E-state index < -0.39 is 0 Å². The van der Waals surface area contributed by atoms with E-state index in [2.05, 4.69) is 0 Å². The zero-order valence-electron chi connectivity index (χ0n) is 5.25. The molecule has 0 aliphatic rings. The molecular formula is C7H7ClNS+. The largest absolute Gasteiger partial charge is 0.306 e. The van der Waals surface area contributed by atoms with Crippen molar-refractivity contribution in [2.75, 3.05) is 0 Å². The maximum atomic E-state index is 5.47. The Morgan fingerprint density at radius 3 is 2.40 bits per heavy atom. The Balaban J connectivity index is 2.67. The van der Waals surface area contributed by atoms with Crippen molar-refractivity contribution >= 4 is 27.9 Å². The third-order valence-corrected chi connectivity index (χ3v) is 1.89. The molecule has 0 aliphatic carbocycles. The molecule has 0 heterocycles. The van der Waals surface area contributed by atoms with Crippen LogP contribution in [0.5, 0.6) is 0 Å². The number of rotatable bonds is 1. The number of halogens is 1. The molecule has 0 aliphatic heterocycles. The van der Waals surface area contributed by atoms with Gasteiger partial charge in [0.05, 0.1) is 0 Å². The molecule has 0 saturated heterocycles. The lowest BCUT2D eigenvalue weighted by Crippen LogP contribution is -2.33. The highest BCUT2D eigenvalue weighted by atomic mass is 35.5. The van der Waals surface area contributed by atoms with Crippen LogP contribution < -0.4 is 5.41 Å². The van der Waals surface area contributed by atoms with E-state index in [1.165, 1.54) is 11.8 Å². The summed E-state index contributed by atoms with van der Waals surface area (Å²) in [6, 6.07) is 9.76. The minimum absolute atomic E-state index is 0.353. The van der Waals surface area contributed by atoms with Gasteiger partial charge in [-0.1, -0.05) is 18.2 Å². The van der Waals surface area contributed by atoms with Crippen LogP contribution in [0.4, 0.5) is 0 Å². The Morgan fingerprint density at radius 1 is 1.30 bits per heavy atom. The van der Waals surface area contributed by atoms with E-state index in [1.807, 2.05) is 30.3 Å². The maximum absolute atomic E-state index is 5.47. The second kappa shape index (κ2) is 3.64. The first-order chi connectivity index (χ1) is 4.79. The van der Waals surface area contributed by atoms with Crippen LogP contribution in [0.2, 0.25) is 0 Å². The number of thioether (sulfide) groups is 1. The molecule has 52 valence electrons. The molecule has 1 nitrogen and oxygen atoms in total. The van der Waals surface area contributed by atoms with Gasteiger partial charge in [-0.2, -0.15) is 0 Å². The van der Waals surface area contributed by atoms with Crippen LogP contribution in [-0.4, -0.2) is 4.50 Å². The molecule has 0 atom stereocenters. The Kier molecular flexibility index (Phi) is 2.78. The van der Waals surface area contributed by atoms with Gasteiger partial charge in [0.2, 0.25) is 0 Å². The smallest absolute Gasteiger partial charge is 0.238 e. The van der Waals surface area contributed by atoms with Gasteiger partial charge in [-0.3, -0.25) is 0 Å². The predicted molar refractivity (Wildman–Crippen MR) is 45.1 cm³/mol. The van der Waals surface area contributed by atoms with Gasteiger partial charge in [0.15, 0.2) is 0 Å². The lowest BCUT2D eigenvalue weighted by Gasteiger charge is -1.90. The number of benzene rings is 1. The predicted octanol–water partition coefficient (Wildman–Crippen LogP) is 1.13. The number of nitrogens with two attached hydrogens (primary N) is 1. The first kappa shape index (κ1) is 7.63. The molecule has 0 unspecified atom stereocenters. The van der Waals surface area contributed by atoms with Crippen molar-refractivity contribution in [3.8, 4) is 0 Å². The average molecular weight is 173 g/mol. The van der Waals surface area contributed by atoms with Crippen molar-refractivity contribution < 1.29 is 5.41 Å². The topological polar surface area (TPSA) is 25.6 Å². The highest BCUT2D eigenvalue weighted by Crippen LogP contribution is 2.17. The molecule has 10 heavy (non-hydrogen) atoms. The van der Waals surface area contributed by atoms with E-state index in [9.17, 15) is 0 Å². The summed E-state index contributed by atoms with van der Waals surface area (Å²) < 4.78 is 0.353. The number of hydrogen-bond donors (Lipinski definition) is 1. The Morgan fingerprint density at radius 2 is 1.90 bits per heavy atom. The summed E-state index contributed by atoms with van der Waals surface area (Å²) >= 11 is 6.83. The van der Waals surface area contributed by atoms with E-state index in [1.54, 1.807) is 0 Å². The molecule has 0 radical (unpaired) electrons. The molecular weight excluding hydrogens is 166 g/mol. The first-order valence-corrected chi connectivity index (χ1v) is 3.99. The van der Waals surface area contributed by atoms with Crippen molar-refractivity contribution in [2.45, 2.75) is 4.90 Å². The van der Waals surface area contributed by atoms with Crippen LogP contribution in [0.25, 0.3) is 0 Å². The van der Waals surface area contributed by atoms with Gasteiger partial charge in [0.1, 0.15) is 0 Å². The summed E-state index contributed by atoms with van der Waals surface area (Å²) in [6.07, 6.45) is 0. The standard InChI is InChI=1S/C7H6ClNS/c8-7(9)10-6-4-2-1-3-5-6/h1-5,9H/p+1. The normalized spacial score (nSPS) is 9.30.